The van der Waals surface area contributed by atoms with Gasteiger partial charge in [0.05, 0.1) is 7.11 Å². The molecule has 1 aliphatic heterocycles. The van der Waals surface area contributed by atoms with Gasteiger partial charge in [-0.2, -0.15) is 0 Å². The summed E-state index contributed by atoms with van der Waals surface area (Å²) in [5.74, 6) is 0.921. The zero-order valence-corrected chi connectivity index (χ0v) is 15.1. The van der Waals surface area contributed by atoms with Crippen molar-refractivity contribution in [2.75, 3.05) is 38.2 Å². The summed E-state index contributed by atoms with van der Waals surface area (Å²) in [6.45, 7) is 2.96. The summed E-state index contributed by atoms with van der Waals surface area (Å²) in [6, 6.07) is 17.1. The second-order valence-electron chi connectivity index (χ2n) is 6.36. The summed E-state index contributed by atoms with van der Waals surface area (Å²) in [7, 11) is 1.65. The molecule has 1 amide bonds. The average molecular weight is 352 g/mol. The lowest BCUT2D eigenvalue weighted by Crippen LogP contribution is -2.48. The number of benzene rings is 2. The zero-order chi connectivity index (χ0) is 18.4. The van der Waals surface area contributed by atoms with Gasteiger partial charge in [-0.3, -0.25) is 9.59 Å². The molecule has 1 heterocycles. The molecule has 0 spiro atoms. The summed E-state index contributed by atoms with van der Waals surface area (Å²) >= 11 is 0. The summed E-state index contributed by atoms with van der Waals surface area (Å²) in [5, 5.41) is 0. The Morgan fingerprint density at radius 2 is 1.54 bits per heavy atom. The van der Waals surface area contributed by atoms with Crippen LogP contribution < -0.4 is 9.64 Å². The molecule has 136 valence electrons. The van der Waals surface area contributed by atoms with Gasteiger partial charge in [0.1, 0.15) is 5.75 Å². The standard InChI is InChI=1S/C21H24N2O3/c1-26-19-9-7-18(8-10-19)22-13-15-23(16-14-22)21(25)12-11-20(24)17-5-3-2-4-6-17/h2-10H,11-16H2,1H3. The van der Waals surface area contributed by atoms with Crippen LogP contribution in [0.3, 0.4) is 0 Å². The molecule has 0 N–H and O–H groups in total. The molecule has 2 aromatic rings. The van der Waals surface area contributed by atoms with Crippen LogP contribution >= 0.6 is 0 Å². The minimum atomic E-state index is 0.0239. The molecule has 0 aliphatic carbocycles. The van der Waals surface area contributed by atoms with Crippen LogP contribution in [0.5, 0.6) is 5.75 Å². The molecule has 0 unspecified atom stereocenters. The zero-order valence-electron chi connectivity index (χ0n) is 15.1. The minimum absolute atomic E-state index is 0.0239. The van der Waals surface area contributed by atoms with E-state index in [2.05, 4.69) is 4.90 Å². The fraction of sp³-hybridized carbons (Fsp3) is 0.333. The van der Waals surface area contributed by atoms with E-state index in [1.54, 1.807) is 19.2 Å². The lowest BCUT2D eigenvalue weighted by Gasteiger charge is -2.36. The van der Waals surface area contributed by atoms with Crippen LogP contribution in [-0.4, -0.2) is 49.9 Å². The SMILES string of the molecule is COc1ccc(N2CCN(C(=O)CCC(=O)c3ccccc3)CC2)cc1. The molecule has 0 radical (unpaired) electrons. The van der Waals surface area contributed by atoms with Gasteiger partial charge in [0, 0.05) is 50.3 Å². The first kappa shape index (κ1) is 18.0. The first-order chi connectivity index (χ1) is 12.7. The predicted octanol–water partition coefficient (Wildman–Crippen LogP) is 3.01. The second-order valence-corrected chi connectivity index (χ2v) is 6.36. The second kappa shape index (κ2) is 8.52. The van der Waals surface area contributed by atoms with E-state index in [4.69, 9.17) is 4.74 Å². The first-order valence-corrected chi connectivity index (χ1v) is 8.92. The molecule has 5 nitrogen and oxygen atoms in total. The fourth-order valence-corrected chi connectivity index (χ4v) is 3.15. The van der Waals surface area contributed by atoms with Gasteiger partial charge in [0.2, 0.25) is 5.91 Å². The van der Waals surface area contributed by atoms with E-state index >= 15 is 0 Å². The average Bonchev–Trinajstić information content (AvgIpc) is 2.72. The lowest BCUT2D eigenvalue weighted by atomic mass is 10.1. The number of ketones is 1. The van der Waals surface area contributed by atoms with Gasteiger partial charge >= 0.3 is 0 Å². The predicted molar refractivity (Wildman–Crippen MR) is 102 cm³/mol. The van der Waals surface area contributed by atoms with Crippen molar-refractivity contribution in [3.63, 3.8) is 0 Å². The van der Waals surface area contributed by atoms with E-state index in [9.17, 15) is 9.59 Å². The number of Topliss-reactive ketones (excluding diaryl/α,β-unsaturated/α-hetero) is 1. The number of anilines is 1. The Bertz CT molecular complexity index is 736. The molecule has 3 rings (SSSR count). The van der Waals surface area contributed by atoms with Crippen molar-refractivity contribution < 1.29 is 14.3 Å². The molecule has 5 heteroatoms. The number of carbonyl (C=O) groups is 2. The van der Waals surface area contributed by atoms with Gasteiger partial charge in [0.25, 0.3) is 0 Å². The number of methoxy groups -OCH3 is 1. The van der Waals surface area contributed by atoms with Gasteiger partial charge in [-0.1, -0.05) is 30.3 Å². The summed E-state index contributed by atoms with van der Waals surface area (Å²) < 4.78 is 5.18. The van der Waals surface area contributed by atoms with Crippen LogP contribution in [-0.2, 0) is 4.79 Å². The molecule has 0 atom stereocenters. The van der Waals surface area contributed by atoms with E-state index in [-0.39, 0.29) is 24.5 Å². The van der Waals surface area contributed by atoms with Crippen LogP contribution in [0.15, 0.2) is 54.6 Å². The summed E-state index contributed by atoms with van der Waals surface area (Å²) in [4.78, 5) is 28.7. The fourth-order valence-electron chi connectivity index (χ4n) is 3.15. The van der Waals surface area contributed by atoms with Crippen molar-refractivity contribution >= 4 is 17.4 Å². The van der Waals surface area contributed by atoms with Crippen molar-refractivity contribution in [2.45, 2.75) is 12.8 Å². The van der Waals surface area contributed by atoms with Crippen molar-refractivity contribution in [2.24, 2.45) is 0 Å². The van der Waals surface area contributed by atoms with Gasteiger partial charge in [-0.15, -0.1) is 0 Å². The van der Waals surface area contributed by atoms with E-state index in [1.807, 2.05) is 47.4 Å². The van der Waals surface area contributed by atoms with Crippen LogP contribution in [0.2, 0.25) is 0 Å². The molecule has 0 bridgehead atoms. The van der Waals surface area contributed by atoms with Crippen molar-refractivity contribution in [3.05, 3.63) is 60.2 Å². The van der Waals surface area contributed by atoms with Gasteiger partial charge in [0.15, 0.2) is 5.78 Å². The maximum Gasteiger partial charge on any atom is 0.223 e. The summed E-state index contributed by atoms with van der Waals surface area (Å²) in [5.41, 5.74) is 1.81. The highest BCUT2D eigenvalue weighted by Gasteiger charge is 2.21. The van der Waals surface area contributed by atoms with Crippen molar-refractivity contribution in [1.29, 1.82) is 0 Å². The Hall–Kier alpha value is -2.82. The number of ether oxygens (including phenoxy) is 1. The molecule has 1 fully saturated rings. The maximum absolute atomic E-state index is 12.4. The summed E-state index contributed by atoms with van der Waals surface area (Å²) in [6.07, 6.45) is 0.539. The Morgan fingerprint density at radius 1 is 0.885 bits per heavy atom. The van der Waals surface area contributed by atoms with Crippen molar-refractivity contribution in [3.8, 4) is 5.75 Å². The van der Waals surface area contributed by atoms with E-state index in [1.165, 1.54) is 0 Å². The molecule has 1 saturated heterocycles. The van der Waals surface area contributed by atoms with E-state index < -0.39 is 0 Å². The third-order valence-electron chi connectivity index (χ3n) is 4.73. The third kappa shape index (κ3) is 4.42. The minimum Gasteiger partial charge on any atom is -0.497 e. The Labute approximate surface area is 154 Å². The topological polar surface area (TPSA) is 49.9 Å². The molecule has 1 aliphatic rings. The molecular formula is C21H24N2O3. The van der Waals surface area contributed by atoms with Gasteiger partial charge < -0.3 is 14.5 Å². The van der Waals surface area contributed by atoms with Gasteiger partial charge in [-0.25, -0.2) is 0 Å². The Morgan fingerprint density at radius 3 is 2.15 bits per heavy atom. The van der Waals surface area contributed by atoms with Crippen LogP contribution in [0.4, 0.5) is 5.69 Å². The number of amides is 1. The smallest absolute Gasteiger partial charge is 0.223 e. The van der Waals surface area contributed by atoms with E-state index in [0.29, 0.717) is 18.7 Å². The quantitative estimate of drug-likeness (QED) is 0.750. The molecule has 0 aromatic heterocycles. The highest BCUT2D eigenvalue weighted by molar-refractivity contribution is 5.97. The highest BCUT2D eigenvalue weighted by Crippen LogP contribution is 2.20. The number of nitrogens with zero attached hydrogens (tertiary/aromatic N) is 2. The highest BCUT2D eigenvalue weighted by atomic mass is 16.5. The van der Waals surface area contributed by atoms with Crippen LogP contribution in [0.1, 0.15) is 23.2 Å². The molecular weight excluding hydrogens is 328 g/mol. The normalized spacial score (nSPS) is 14.2. The first-order valence-electron chi connectivity index (χ1n) is 8.92. The van der Waals surface area contributed by atoms with Crippen LogP contribution in [0.25, 0.3) is 0 Å². The molecule has 26 heavy (non-hydrogen) atoms. The number of carbonyl (C=O) groups excluding carboxylic acids is 2. The number of hydrogen-bond donors (Lipinski definition) is 0. The molecule has 0 saturated carbocycles. The lowest BCUT2D eigenvalue weighted by molar-refractivity contribution is -0.131. The largest absolute Gasteiger partial charge is 0.497 e. The van der Waals surface area contributed by atoms with E-state index in [0.717, 1.165) is 24.5 Å². The Kier molecular flexibility index (Phi) is 5.89. The third-order valence-corrected chi connectivity index (χ3v) is 4.73. The Balaban J connectivity index is 1.46. The molecule has 2 aromatic carbocycles. The van der Waals surface area contributed by atoms with Crippen molar-refractivity contribution in [1.82, 2.24) is 4.90 Å². The number of hydrogen-bond acceptors (Lipinski definition) is 4. The monoisotopic (exact) mass is 352 g/mol. The number of piperazine rings is 1. The van der Waals surface area contributed by atoms with Crippen LogP contribution in [0, 0.1) is 0 Å². The van der Waals surface area contributed by atoms with Gasteiger partial charge in [-0.05, 0) is 24.3 Å². The number of rotatable bonds is 6. The maximum atomic E-state index is 12.4.